The second kappa shape index (κ2) is 15.7. The summed E-state index contributed by atoms with van der Waals surface area (Å²) in [6.07, 6.45) is 1.60. The SMILES string of the molecule is CCCO.NCCCO. The van der Waals surface area contributed by atoms with Gasteiger partial charge in [-0.05, 0) is 19.4 Å². The molecule has 58 valence electrons. The van der Waals surface area contributed by atoms with Crippen LogP contribution < -0.4 is 5.73 Å². The Morgan fingerprint density at radius 2 is 1.67 bits per heavy atom. The molecule has 0 spiro atoms. The van der Waals surface area contributed by atoms with Crippen LogP contribution in [-0.4, -0.2) is 30.0 Å². The first-order valence-electron chi connectivity index (χ1n) is 3.25. The van der Waals surface area contributed by atoms with Crippen molar-refractivity contribution >= 4 is 0 Å². The van der Waals surface area contributed by atoms with E-state index in [0.29, 0.717) is 13.2 Å². The van der Waals surface area contributed by atoms with Crippen LogP contribution in [0.3, 0.4) is 0 Å². The fraction of sp³-hybridized carbons (Fsp3) is 1.00. The van der Waals surface area contributed by atoms with E-state index in [1.165, 1.54) is 0 Å². The van der Waals surface area contributed by atoms with E-state index < -0.39 is 0 Å². The van der Waals surface area contributed by atoms with E-state index in [1.807, 2.05) is 6.92 Å². The second-order valence-corrected chi connectivity index (χ2v) is 1.59. The quantitative estimate of drug-likeness (QED) is 0.498. The highest BCUT2D eigenvalue weighted by atomic mass is 16.3. The van der Waals surface area contributed by atoms with E-state index in [0.717, 1.165) is 12.8 Å². The Kier molecular flexibility index (Phi) is 20.3. The van der Waals surface area contributed by atoms with Gasteiger partial charge in [0.2, 0.25) is 0 Å². The van der Waals surface area contributed by atoms with E-state index in [-0.39, 0.29) is 6.61 Å². The highest BCUT2D eigenvalue weighted by Gasteiger charge is 1.69. The molecule has 0 rings (SSSR count). The van der Waals surface area contributed by atoms with E-state index in [2.05, 4.69) is 0 Å². The second-order valence-electron chi connectivity index (χ2n) is 1.59. The highest BCUT2D eigenvalue weighted by Crippen LogP contribution is 1.62. The van der Waals surface area contributed by atoms with Gasteiger partial charge in [0.15, 0.2) is 0 Å². The summed E-state index contributed by atoms with van der Waals surface area (Å²) in [6, 6.07) is 0. The van der Waals surface area contributed by atoms with Gasteiger partial charge in [0.25, 0.3) is 0 Å². The van der Waals surface area contributed by atoms with Crippen molar-refractivity contribution in [1.82, 2.24) is 0 Å². The number of aliphatic hydroxyl groups is 2. The Labute approximate surface area is 56.5 Å². The molecule has 0 saturated heterocycles. The van der Waals surface area contributed by atoms with Gasteiger partial charge in [0, 0.05) is 13.2 Å². The summed E-state index contributed by atoms with van der Waals surface area (Å²) in [7, 11) is 0. The number of nitrogens with two attached hydrogens (primary N) is 1. The zero-order valence-corrected chi connectivity index (χ0v) is 6.01. The lowest BCUT2D eigenvalue weighted by Gasteiger charge is -1.80. The van der Waals surface area contributed by atoms with Gasteiger partial charge in [-0.15, -0.1) is 0 Å². The van der Waals surface area contributed by atoms with Gasteiger partial charge in [0.1, 0.15) is 0 Å². The normalized spacial score (nSPS) is 8.00. The van der Waals surface area contributed by atoms with Crippen LogP contribution in [0.5, 0.6) is 0 Å². The maximum absolute atomic E-state index is 7.99. The molecule has 9 heavy (non-hydrogen) atoms. The minimum absolute atomic E-state index is 0.219. The average Bonchev–Trinajstić information content (AvgIpc) is 1.91. The summed E-state index contributed by atoms with van der Waals surface area (Å²) in [5, 5.41) is 15.9. The van der Waals surface area contributed by atoms with Crippen molar-refractivity contribution in [1.29, 1.82) is 0 Å². The molecule has 3 heteroatoms. The first-order valence-corrected chi connectivity index (χ1v) is 3.25. The number of aliphatic hydroxyl groups excluding tert-OH is 2. The largest absolute Gasteiger partial charge is 0.396 e. The monoisotopic (exact) mass is 135 g/mol. The first kappa shape index (κ1) is 11.6. The predicted molar refractivity (Wildman–Crippen MR) is 38.1 cm³/mol. The molecule has 0 amide bonds. The summed E-state index contributed by atoms with van der Waals surface area (Å²) < 4.78 is 0. The maximum Gasteiger partial charge on any atom is 0.0443 e. The lowest BCUT2D eigenvalue weighted by Crippen LogP contribution is -1.99. The lowest BCUT2D eigenvalue weighted by molar-refractivity contribution is 0.291. The minimum Gasteiger partial charge on any atom is -0.396 e. The van der Waals surface area contributed by atoms with Gasteiger partial charge in [-0.1, -0.05) is 6.92 Å². The molecule has 0 aromatic rings. The Hall–Kier alpha value is -0.120. The summed E-state index contributed by atoms with van der Waals surface area (Å²) in [4.78, 5) is 0. The van der Waals surface area contributed by atoms with Gasteiger partial charge < -0.3 is 15.9 Å². The van der Waals surface area contributed by atoms with Crippen molar-refractivity contribution in [2.24, 2.45) is 5.73 Å². The van der Waals surface area contributed by atoms with Crippen LogP contribution in [0.4, 0.5) is 0 Å². The van der Waals surface area contributed by atoms with Crippen molar-refractivity contribution in [2.75, 3.05) is 19.8 Å². The van der Waals surface area contributed by atoms with E-state index >= 15 is 0 Å². The molecule has 0 bridgehead atoms. The molecule has 0 fully saturated rings. The van der Waals surface area contributed by atoms with E-state index in [1.54, 1.807) is 0 Å². The van der Waals surface area contributed by atoms with Crippen molar-refractivity contribution in [3.05, 3.63) is 0 Å². The minimum atomic E-state index is 0.219. The van der Waals surface area contributed by atoms with Crippen LogP contribution in [0.2, 0.25) is 0 Å². The molecule has 0 aliphatic carbocycles. The van der Waals surface area contributed by atoms with E-state index in [4.69, 9.17) is 15.9 Å². The molecule has 0 aromatic carbocycles. The summed E-state index contributed by atoms with van der Waals surface area (Å²) in [5.41, 5.74) is 4.98. The third-order valence-electron chi connectivity index (χ3n) is 0.586. The Balaban J connectivity index is 0. The Bertz CT molecular complexity index is 30.2. The van der Waals surface area contributed by atoms with Crippen LogP contribution in [0, 0.1) is 0 Å². The topological polar surface area (TPSA) is 66.5 Å². The van der Waals surface area contributed by atoms with Crippen molar-refractivity contribution in [2.45, 2.75) is 19.8 Å². The molecule has 0 heterocycles. The smallest absolute Gasteiger partial charge is 0.0443 e. The van der Waals surface area contributed by atoms with Gasteiger partial charge in [0.05, 0.1) is 0 Å². The molecule has 4 N–H and O–H groups in total. The van der Waals surface area contributed by atoms with Gasteiger partial charge in [-0.3, -0.25) is 0 Å². The summed E-state index contributed by atoms with van der Waals surface area (Å²) >= 11 is 0. The van der Waals surface area contributed by atoms with Crippen molar-refractivity contribution in [3.63, 3.8) is 0 Å². The number of hydrogen-bond acceptors (Lipinski definition) is 3. The van der Waals surface area contributed by atoms with Crippen LogP contribution in [-0.2, 0) is 0 Å². The lowest BCUT2D eigenvalue weighted by atomic mass is 10.5. The molecular formula is C6H17NO2. The predicted octanol–water partition coefficient (Wildman–Crippen LogP) is -0.284. The van der Waals surface area contributed by atoms with Crippen molar-refractivity contribution in [3.8, 4) is 0 Å². The maximum atomic E-state index is 7.99. The van der Waals surface area contributed by atoms with Crippen molar-refractivity contribution < 1.29 is 10.2 Å². The molecule has 0 radical (unpaired) electrons. The zero-order chi connectivity index (χ0) is 7.54. The number of hydrogen-bond donors (Lipinski definition) is 3. The summed E-state index contributed by atoms with van der Waals surface area (Å²) in [6.45, 7) is 3.06. The molecule has 0 atom stereocenters. The van der Waals surface area contributed by atoms with Gasteiger partial charge >= 0.3 is 0 Å². The molecule has 0 unspecified atom stereocenters. The Morgan fingerprint density at radius 3 is 1.67 bits per heavy atom. The summed E-state index contributed by atoms with van der Waals surface area (Å²) in [5.74, 6) is 0. The molecule has 3 nitrogen and oxygen atoms in total. The molecule has 0 aliphatic rings. The van der Waals surface area contributed by atoms with Crippen LogP contribution in [0.15, 0.2) is 0 Å². The first-order chi connectivity index (χ1) is 4.33. The van der Waals surface area contributed by atoms with Crippen LogP contribution in [0.1, 0.15) is 19.8 Å². The van der Waals surface area contributed by atoms with Gasteiger partial charge in [-0.25, -0.2) is 0 Å². The Morgan fingerprint density at radius 1 is 1.22 bits per heavy atom. The fourth-order valence-electron chi connectivity index (χ4n) is 0.0913. The molecular weight excluding hydrogens is 118 g/mol. The standard InChI is InChI=1S/C3H9NO.C3H8O/c4-2-1-3-5;1-2-3-4/h5H,1-4H2;4H,2-3H2,1H3. The third kappa shape index (κ3) is 32.8. The van der Waals surface area contributed by atoms with Crippen LogP contribution >= 0.6 is 0 Å². The highest BCUT2D eigenvalue weighted by molar-refractivity contribution is 4.28. The zero-order valence-electron chi connectivity index (χ0n) is 6.01. The van der Waals surface area contributed by atoms with Gasteiger partial charge in [-0.2, -0.15) is 0 Å². The number of rotatable bonds is 3. The third-order valence-corrected chi connectivity index (χ3v) is 0.586. The molecule has 0 aromatic heterocycles. The van der Waals surface area contributed by atoms with E-state index in [9.17, 15) is 0 Å². The fourth-order valence-corrected chi connectivity index (χ4v) is 0.0913. The molecule has 0 aliphatic heterocycles. The average molecular weight is 135 g/mol. The van der Waals surface area contributed by atoms with Crippen LogP contribution in [0.25, 0.3) is 0 Å². The molecule has 0 saturated carbocycles.